The Bertz CT molecular complexity index is 1330. The van der Waals surface area contributed by atoms with Crippen LogP contribution >= 0.6 is 0 Å². The molecule has 0 atom stereocenters. The summed E-state index contributed by atoms with van der Waals surface area (Å²) in [5.41, 5.74) is 4.90. The van der Waals surface area contributed by atoms with Crippen LogP contribution < -0.4 is 5.32 Å². The normalized spacial score (nSPS) is 13.8. The van der Waals surface area contributed by atoms with Gasteiger partial charge in [0.15, 0.2) is 0 Å². The van der Waals surface area contributed by atoms with E-state index in [4.69, 9.17) is 0 Å². The number of fused-ring (bicyclic) bond motifs is 3. The van der Waals surface area contributed by atoms with Gasteiger partial charge in [0.1, 0.15) is 5.71 Å². The van der Waals surface area contributed by atoms with E-state index < -0.39 is 29.6 Å². The predicted molar refractivity (Wildman–Crippen MR) is 121 cm³/mol. The van der Waals surface area contributed by atoms with Crippen LogP contribution in [0.2, 0.25) is 0 Å². The molecule has 3 aromatic rings. The second-order valence-corrected chi connectivity index (χ2v) is 7.90. The first-order valence-corrected chi connectivity index (χ1v) is 10.4. The van der Waals surface area contributed by atoms with Crippen molar-refractivity contribution in [2.24, 2.45) is 10.2 Å². The Morgan fingerprint density at radius 1 is 0.722 bits per heavy atom. The van der Waals surface area contributed by atoms with Crippen molar-refractivity contribution in [3.05, 3.63) is 89.5 Å². The summed E-state index contributed by atoms with van der Waals surface area (Å²) >= 11 is 0. The Morgan fingerprint density at radius 2 is 1.19 bits per heavy atom. The van der Waals surface area contributed by atoms with Crippen LogP contribution in [0.15, 0.2) is 83.0 Å². The molecule has 4 rings (SSSR count). The second-order valence-electron chi connectivity index (χ2n) is 7.90. The zero-order valence-corrected chi connectivity index (χ0v) is 18.4. The summed E-state index contributed by atoms with van der Waals surface area (Å²) in [6, 6.07) is 20.1. The lowest BCUT2D eigenvalue weighted by Gasteiger charge is -2.27. The van der Waals surface area contributed by atoms with Crippen molar-refractivity contribution in [1.82, 2.24) is 0 Å². The highest BCUT2D eigenvalue weighted by Crippen LogP contribution is 2.47. The van der Waals surface area contributed by atoms with Gasteiger partial charge in [0.25, 0.3) is 0 Å². The zero-order chi connectivity index (χ0) is 26.3. The van der Waals surface area contributed by atoms with Crippen molar-refractivity contribution < 1.29 is 35.5 Å². The first kappa shape index (κ1) is 25.1. The minimum absolute atomic E-state index is 0.399. The predicted octanol–water partition coefficient (Wildman–Crippen LogP) is 6.70. The standard InChI is InChI=1S/C25H16F7N3O/c1-14(34-35-21-19-8-4-2-6-17(19)18-7-3-5-9-20(18)21)15-10-12-16(13-11-15)33-22(36)23(26,27)24(28,29)25(30,31)32/h2-13H,1H3,(H,33,36)/b34-14+. The summed E-state index contributed by atoms with van der Waals surface area (Å²) in [5.74, 6) is -15.3. The number of amides is 1. The number of carbonyl (C=O) groups excluding carboxylic acids is 1. The van der Waals surface area contributed by atoms with E-state index in [1.54, 1.807) is 6.92 Å². The zero-order valence-electron chi connectivity index (χ0n) is 18.4. The van der Waals surface area contributed by atoms with Crippen LogP contribution in [0, 0.1) is 0 Å². The fourth-order valence-electron chi connectivity index (χ4n) is 3.61. The van der Waals surface area contributed by atoms with Crippen LogP contribution in [-0.4, -0.2) is 35.4 Å². The molecule has 0 fully saturated rings. The summed E-state index contributed by atoms with van der Waals surface area (Å²) in [4.78, 5) is 11.5. The lowest BCUT2D eigenvalue weighted by molar-refractivity contribution is -0.343. The Labute approximate surface area is 200 Å². The number of nitrogens with one attached hydrogen (secondary N) is 1. The van der Waals surface area contributed by atoms with Crippen molar-refractivity contribution in [1.29, 1.82) is 0 Å². The molecule has 0 heterocycles. The highest BCUT2D eigenvalue weighted by Gasteiger charge is 2.76. The minimum atomic E-state index is -6.60. The molecule has 0 aromatic heterocycles. The van der Waals surface area contributed by atoms with Gasteiger partial charge in [0, 0.05) is 16.8 Å². The highest BCUT2D eigenvalue weighted by molar-refractivity contribution is 6.24. The molecule has 11 heteroatoms. The van der Waals surface area contributed by atoms with Gasteiger partial charge >= 0.3 is 23.9 Å². The van der Waals surface area contributed by atoms with Gasteiger partial charge in [-0.05, 0) is 35.7 Å². The average Bonchev–Trinajstić information content (AvgIpc) is 3.16. The van der Waals surface area contributed by atoms with Crippen molar-refractivity contribution in [2.45, 2.75) is 24.9 Å². The van der Waals surface area contributed by atoms with E-state index in [1.165, 1.54) is 17.4 Å². The lowest BCUT2D eigenvalue weighted by atomic mass is 10.1. The molecule has 0 bridgehead atoms. The molecule has 186 valence electrons. The summed E-state index contributed by atoms with van der Waals surface area (Å²) in [6.45, 7) is 1.61. The maximum atomic E-state index is 13.5. The number of rotatable bonds is 5. The summed E-state index contributed by atoms with van der Waals surface area (Å²) in [5, 5.41) is 10.0. The fraction of sp³-hybridized carbons (Fsp3) is 0.160. The summed E-state index contributed by atoms with van der Waals surface area (Å²) < 4.78 is 90.0. The summed E-state index contributed by atoms with van der Waals surface area (Å²) in [6.07, 6.45) is -6.60. The van der Waals surface area contributed by atoms with Crippen molar-refractivity contribution >= 4 is 23.0 Å². The van der Waals surface area contributed by atoms with Gasteiger partial charge in [0.05, 0.1) is 5.71 Å². The molecule has 0 saturated heterocycles. The third-order valence-electron chi connectivity index (χ3n) is 5.55. The van der Waals surface area contributed by atoms with E-state index in [2.05, 4.69) is 10.2 Å². The monoisotopic (exact) mass is 507 g/mol. The van der Waals surface area contributed by atoms with Crippen LogP contribution in [0.4, 0.5) is 36.4 Å². The first-order chi connectivity index (χ1) is 16.8. The van der Waals surface area contributed by atoms with E-state index >= 15 is 0 Å². The van der Waals surface area contributed by atoms with E-state index in [1.807, 2.05) is 48.5 Å². The molecular formula is C25H16F7N3O. The highest BCUT2D eigenvalue weighted by atomic mass is 19.4. The first-order valence-electron chi connectivity index (χ1n) is 10.4. The average molecular weight is 507 g/mol. The van der Waals surface area contributed by atoms with Crippen molar-refractivity contribution in [3.63, 3.8) is 0 Å². The van der Waals surface area contributed by atoms with Gasteiger partial charge in [-0.25, -0.2) is 0 Å². The molecule has 0 spiro atoms. The number of alkyl halides is 7. The smallest absolute Gasteiger partial charge is 0.321 e. The molecular weight excluding hydrogens is 491 g/mol. The molecule has 0 radical (unpaired) electrons. The van der Waals surface area contributed by atoms with Gasteiger partial charge in [-0.2, -0.15) is 35.8 Å². The fourth-order valence-corrected chi connectivity index (χ4v) is 3.61. The molecule has 3 aromatic carbocycles. The minimum Gasteiger partial charge on any atom is -0.321 e. The third-order valence-corrected chi connectivity index (χ3v) is 5.55. The Kier molecular flexibility index (Phi) is 6.19. The number of halogens is 7. The maximum absolute atomic E-state index is 13.5. The topological polar surface area (TPSA) is 53.8 Å². The van der Waals surface area contributed by atoms with Crippen molar-refractivity contribution in [2.75, 3.05) is 5.32 Å². The van der Waals surface area contributed by atoms with Crippen LogP contribution in [0.1, 0.15) is 23.6 Å². The number of benzene rings is 3. The number of anilines is 1. The van der Waals surface area contributed by atoms with E-state index in [0.717, 1.165) is 34.4 Å². The Hall–Kier alpha value is -4.02. The molecule has 1 N–H and O–H groups in total. The number of hydrogen-bond acceptors (Lipinski definition) is 3. The molecule has 0 aliphatic heterocycles. The molecule has 36 heavy (non-hydrogen) atoms. The van der Waals surface area contributed by atoms with Gasteiger partial charge in [-0.15, -0.1) is 5.10 Å². The van der Waals surface area contributed by atoms with Crippen LogP contribution in [0.5, 0.6) is 0 Å². The van der Waals surface area contributed by atoms with E-state index in [9.17, 15) is 35.5 Å². The van der Waals surface area contributed by atoms with Crippen LogP contribution in [-0.2, 0) is 4.79 Å². The number of hydrogen-bond donors (Lipinski definition) is 1. The van der Waals surface area contributed by atoms with Gasteiger partial charge in [-0.3, -0.25) is 4.79 Å². The number of carbonyl (C=O) groups is 1. The largest absolute Gasteiger partial charge is 0.460 e. The number of nitrogens with zero attached hydrogens (tertiary/aromatic N) is 2. The quantitative estimate of drug-likeness (QED) is 0.182. The SMILES string of the molecule is C/C(=N\N=C1c2ccccc2-c2ccccc21)c1ccc(NC(=O)C(F)(F)C(F)(F)C(F)(F)F)cc1. The van der Waals surface area contributed by atoms with Gasteiger partial charge in [-0.1, -0.05) is 60.7 Å². The van der Waals surface area contributed by atoms with Crippen LogP contribution in [0.3, 0.4) is 0 Å². The second kappa shape index (κ2) is 8.89. The summed E-state index contributed by atoms with van der Waals surface area (Å²) in [7, 11) is 0. The maximum Gasteiger partial charge on any atom is 0.460 e. The van der Waals surface area contributed by atoms with Gasteiger partial charge < -0.3 is 5.32 Å². The molecule has 0 saturated carbocycles. The molecule has 0 unspecified atom stereocenters. The third kappa shape index (κ3) is 4.25. The van der Waals surface area contributed by atoms with Crippen molar-refractivity contribution in [3.8, 4) is 11.1 Å². The Balaban J connectivity index is 1.54. The van der Waals surface area contributed by atoms with Gasteiger partial charge in [0.2, 0.25) is 0 Å². The molecule has 1 aliphatic rings. The van der Waals surface area contributed by atoms with E-state index in [-0.39, 0.29) is 0 Å². The molecule has 4 nitrogen and oxygen atoms in total. The molecule has 1 aliphatic carbocycles. The molecule has 1 amide bonds. The van der Waals surface area contributed by atoms with Crippen LogP contribution in [0.25, 0.3) is 11.1 Å². The Morgan fingerprint density at radius 3 is 1.67 bits per heavy atom. The lowest BCUT2D eigenvalue weighted by Crippen LogP contribution is -2.57. The van der Waals surface area contributed by atoms with E-state index in [0.29, 0.717) is 17.0 Å².